The van der Waals surface area contributed by atoms with Gasteiger partial charge in [-0.25, -0.2) is 4.98 Å². The summed E-state index contributed by atoms with van der Waals surface area (Å²) in [5.41, 5.74) is 6.10. The Hall–Kier alpha value is -3.46. The number of allylic oxidation sites excluding steroid dienone is 1. The molecule has 3 heteroatoms. The van der Waals surface area contributed by atoms with Crippen LogP contribution >= 0.6 is 0 Å². The highest BCUT2D eigenvalue weighted by molar-refractivity contribution is 6.06. The molecule has 1 aromatic heterocycles. The van der Waals surface area contributed by atoms with E-state index in [1.54, 1.807) is 6.08 Å². The number of hydrogen-bond acceptors (Lipinski definition) is 2. The maximum Gasteiger partial charge on any atom is 0.185 e. The van der Waals surface area contributed by atoms with Crippen LogP contribution in [-0.2, 0) is 6.42 Å². The molecule has 0 amide bonds. The van der Waals surface area contributed by atoms with E-state index in [9.17, 15) is 4.79 Å². The van der Waals surface area contributed by atoms with Crippen molar-refractivity contribution < 1.29 is 4.79 Å². The van der Waals surface area contributed by atoms with Crippen LogP contribution in [0.5, 0.6) is 0 Å². The quantitative estimate of drug-likeness (QED) is 0.151. The van der Waals surface area contributed by atoms with Crippen molar-refractivity contribution in [3.05, 3.63) is 102 Å². The molecule has 0 radical (unpaired) electrons. The topological polar surface area (TPSA) is 34.9 Å². The van der Waals surface area contributed by atoms with Gasteiger partial charge in [0.1, 0.15) is 6.33 Å². The van der Waals surface area contributed by atoms with Gasteiger partial charge in [-0.2, -0.15) is 0 Å². The Morgan fingerprint density at radius 2 is 1.62 bits per heavy atom. The van der Waals surface area contributed by atoms with Crippen molar-refractivity contribution in [2.45, 2.75) is 45.4 Å². The highest BCUT2D eigenvalue weighted by Gasteiger charge is 2.06. The summed E-state index contributed by atoms with van der Waals surface area (Å²) in [5.74, 6) is 0.00652. The van der Waals surface area contributed by atoms with Gasteiger partial charge < -0.3 is 0 Å². The van der Waals surface area contributed by atoms with Crippen molar-refractivity contribution in [1.29, 1.82) is 0 Å². The number of hydrogen-bond donors (Lipinski definition) is 0. The smallest absolute Gasteiger partial charge is 0.185 e. The lowest BCUT2D eigenvalue weighted by Gasteiger charge is -2.05. The molecule has 0 aliphatic carbocycles. The molecule has 0 unspecified atom stereocenters. The number of ketones is 1. The number of carbonyl (C=O) groups is 1. The van der Waals surface area contributed by atoms with Crippen LogP contribution in [0.25, 0.3) is 22.8 Å². The highest BCUT2D eigenvalue weighted by atomic mass is 16.1. The third-order valence-electron chi connectivity index (χ3n) is 5.86. The van der Waals surface area contributed by atoms with E-state index < -0.39 is 0 Å². The number of unbranched alkanes of at least 4 members (excludes halogenated alkanes) is 4. The fraction of sp³-hybridized carbons (Fsp3) is 0.241. The predicted octanol–water partition coefficient (Wildman–Crippen LogP) is 7.43. The minimum atomic E-state index is 0.00652. The molecule has 0 spiro atoms. The molecule has 162 valence electrons. The summed E-state index contributed by atoms with van der Waals surface area (Å²) in [4.78, 5) is 17.1. The summed E-state index contributed by atoms with van der Waals surface area (Å²) < 4.78 is 2.03. The van der Waals surface area contributed by atoms with Crippen LogP contribution < -0.4 is 0 Å². The maximum absolute atomic E-state index is 12.6. The number of imidazole rings is 1. The zero-order valence-electron chi connectivity index (χ0n) is 18.7. The monoisotopic (exact) mass is 422 g/mol. The van der Waals surface area contributed by atoms with Crippen molar-refractivity contribution in [1.82, 2.24) is 9.55 Å². The van der Waals surface area contributed by atoms with E-state index in [2.05, 4.69) is 36.2 Å². The molecular weight excluding hydrogens is 392 g/mol. The Morgan fingerprint density at radius 3 is 2.41 bits per heavy atom. The molecule has 0 aliphatic rings. The lowest BCUT2D eigenvalue weighted by molar-refractivity contribution is 0.104. The normalized spacial score (nSPS) is 11.4. The number of rotatable bonds is 10. The van der Waals surface area contributed by atoms with E-state index in [4.69, 9.17) is 0 Å². The third kappa shape index (κ3) is 5.42. The SMILES string of the molecule is CCCCCCCc1ccc(/C=C/C(=O)c2ccc(-n3cnc4ccccc43)cc2)cc1. The average Bonchev–Trinajstić information content (AvgIpc) is 3.27. The lowest BCUT2D eigenvalue weighted by atomic mass is 10.0. The number of benzene rings is 3. The first-order valence-electron chi connectivity index (χ1n) is 11.6. The van der Waals surface area contributed by atoms with Gasteiger partial charge in [0.15, 0.2) is 5.78 Å². The summed E-state index contributed by atoms with van der Waals surface area (Å²) in [6, 6.07) is 24.2. The van der Waals surface area contributed by atoms with E-state index >= 15 is 0 Å². The molecule has 3 nitrogen and oxygen atoms in total. The summed E-state index contributed by atoms with van der Waals surface area (Å²) in [7, 11) is 0. The highest BCUT2D eigenvalue weighted by Crippen LogP contribution is 2.19. The van der Waals surface area contributed by atoms with Crippen molar-refractivity contribution >= 4 is 22.9 Å². The molecule has 4 rings (SSSR count). The van der Waals surface area contributed by atoms with Gasteiger partial charge in [0.05, 0.1) is 11.0 Å². The average molecular weight is 423 g/mol. The molecule has 0 N–H and O–H groups in total. The largest absolute Gasteiger partial charge is 0.299 e. The Kier molecular flexibility index (Phi) is 7.29. The fourth-order valence-electron chi connectivity index (χ4n) is 3.95. The third-order valence-corrected chi connectivity index (χ3v) is 5.86. The van der Waals surface area contributed by atoms with Crippen LogP contribution in [-0.4, -0.2) is 15.3 Å². The lowest BCUT2D eigenvalue weighted by Crippen LogP contribution is -1.96. The van der Waals surface area contributed by atoms with E-state index in [0.717, 1.165) is 28.7 Å². The van der Waals surface area contributed by atoms with Gasteiger partial charge in [0.2, 0.25) is 0 Å². The molecule has 3 aromatic carbocycles. The molecule has 1 heterocycles. The van der Waals surface area contributed by atoms with Crippen LogP contribution in [0.4, 0.5) is 0 Å². The van der Waals surface area contributed by atoms with Crippen molar-refractivity contribution in [2.24, 2.45) is 0 Å². The first-order chi connectivity index (χ1) is 15.7. The number of aryl methyl sites for hydroxylation is 1. The summed E-state index contributed by atoms with van der Waals surface area (Å²) in [6.07, 6.45) is 13.0. The summed E-state index contributed by atoms with van der Waals surface area (Å²) in [5, 5.41) is 0. The fourth-order valence-corrected chi connectivity index (χ4v) is 3.95. The van der Waals surface area contributed by atoms with E-state index in [0.29, 0.717) is 5.56 Å². The van der Waals surface area contributed by atoms with Gasteiger partial charge in [-0.3, -0.25) is 9.36 Å². The van der Waals surface area contributed by atoms with Gasteiger partial charge in [-0.15, -0.1) is 0 Å². The Balaban J connectivity index is 1.35. The summed E-state index contributed by atoms with van der Waals surface area (Å²) in [6.45, 7) is 2.25. The first kappa shape index (κ1) is 21.8. The molecule has 0 fully saturated rings. The van der Waals surface area contributed by atoms with Crippen LogP contribution in [0.2, 0.25) is 0 Å². The van der Waals surface area contributed by atoms with Gasteiger partial charge in [0, 0.05) is 11.3 Å². The van der Waals surface area contributed by atoms with Gasteiger partial charge in [-0.05, 0) is 66.4 Å². The van der Waals surface area contributed by atoms with Crippen molar-refractivity contribution in [3.63, 3.8) is 0 Å². The molecule has 32 heavy (non-hydrogen) atoms. The Morgan fingerprint density at radius 1 is 0.875 bits per heavy atom. The number of para-hydroxylation sites is 2. The number of nitrogens with zero attached hydrogens (tertiary/aromatic N) is 2. The van der Waals surface area contributed by atoms with Gasteiger partial charge in [-0.1, -0.05) is 75.1 Å². The van der Waals surface area contributed by atoms with E-state index in [1.165, 1.54) is 37.7 Å². The van der Waals surface area contributed by atoms with Gasteiger partial charge >= 0.3 is 0 Å². The Labute approximate surface area is 190 Å². The molecule has 0 atom stereocenters. The van der Waals surface area contributed by atoms with Crippen LogP contribution in [0.15, 0.2) is 85.2 Å². The second kappa shape index (κ2) is 10.7. The zero-order valence-corrected chi connectivity index (χ0v) is 18.7. The van der Waals surface area contributed by atoms with Gasteiger partial charge in [0.25, 0.3) is 0 Å². The number of fused-ring (bicyclic) bond motifs is 1. The van der Waals surface area contributed by atoms with Crippen LogP contribution in [0.1, 0.15) is 60.5 Å². The molecular formula is C29H30N2O. The van der Waals surface area contributed by atoms with Crippen molar-refractivity contribution in [3.8, 4) is 5.69 Å². The standard InChI is InChI=1S/C29H30N2O/c1-2-3-4-5-6-9-23-12-14-24(15-13-23)16-21-29(32)25-17-19-26(20-18-25)31-22-30-27-10-7-8-11-28(27)31/h7-8,10-22H,2-6,9H2,1H3/b21-16+. The molecule has 4 aromatic rings. The van der Waals surface area contributed by atoms with E-state index in [-0.39, 0.29) is 5.78 Å². The number of aromatic nitrogens is 2. The van der Waals surface area contributed by atoms with Crippen molar-refractivity contribution in [2.75, 3.05) is 0 Å². The molecule has 0 saturated heterocycles. The molecule has 0 aliphatic heterocycles. The predicted molar refractivity (Wildman–Crippen MR) is 133 cm³/mol. The minimum absolute atomic E-state index is 0.00652. The maximum atomic E-state index is 12.6. The minimum Gasteiger partial charge on any atom is -0.299 e. The second-order valence-corrected chi connectivity index (χ2v) is 8.25. The Bertz CT molecular complexity index is 1180. The zero-order chi connectivity index (χ0) is 22.2. The second-order valence-electron chi connectivity index (χ2n) is 8.25. The number of carbonyl (C=O) groups excluding carboxylic acids is 1. The molecule has 0 saturated carbocycles. The van der Waals surface area contributed by atoms with E-state index in [1.807, 2.05) is 65.5 Å². The summed E-state index contributed by atoms with van der Waals surface area (Å²) >= 11 is 0. The van der Waals surface area contributed by atoms with Crippen LogP contribution in [0.3, 0.4) is 0 Å². The first-order valence-corrected chi connectivity index (χ1v) is 11.6. The van der Waals surface area contributed by atoms with Crippen LogP contribution in [0, 0.1) is 0 Å². The molecule has 0 bridgehead atoms.